The molecular formula is C15H17N5O. The molecule has 108 valence electrons. The quantitative estimate of drug-likeness (QED) is 0.767. The van der Waals surface area contributed by atoms with Crippen LogP contribution in [0.15, 0.2) is 30.7 Å². The first-order valence-corrected chi connectivity index (χ1v) is 6.80. The molecule has 0 saturated heterocycles. The molecule has 2 heterocycles. The third-order valence-corrected chi connectivity index (χ3v) is 3.52. The Morgan fingerprint density at radius 2 is 2.05 bits per heavy atom. The van der Waals surface area contributed by atoms with Gasteiger partial charge in [-0.2, -0.15) is 5.10 Å². The van der Waals surface area contributed by atoms with Gasteiger partial charge >= 0.3 is 0 Å². The summed E-state index contributed by atoms with van der Waals surface area (Å²) in [6.07, 6.45) is 3.22. The minimum absolute atomic E-state index is 0.0285. The predicted octanol–water partition coefficient (Wildman–Crippen LogP) is 2.18. The fraction of sp³-hybridized carbons (Fsp3) is 0.267. The van der Waals surface area contributed by atoms with E-state index in [1.807, 2.05) is 6.07 Å². The zero-order valence-electron chi connectivity index (χ0n) is 12.0. The molecule has 0 unspecified atom stereocenters. The molecule has 0 atom stereocenters. The van der Waals surface area contributed by atoms with Crippen LogP contribution in [0.1, 0.15) is 11.1 Å². The van der Waals surface area contributed by atoms with Gasteiger partial charge in [-0.15, -0.1) is 0 Å². The highest BCUT2D eigenvalue weighted by molar-refractivity contribution is 5.88. The van der Waals surface area contributed by atoms with Crippen LogP contribution in [0.5, 0.6) is 0 Å². The molecule has 0 aliphatic carbocycles. The molecule has 0 radical (unpaired) electrons. The van der Waals surface area contributed by atoms with Crippen LogP contribution in [0.3, 0.4) is 0 Å². The van der Waals surface area contributed by atoms with Gasteiger partial charge in [0.2, 0.25) is 0 Å². The molecule has 6 nitrogen and oxygen atoms in total. The van der Waals surface area contributed by atoms with Gasteiger partial charge in [0.05, 0.1) is 24.7 Å². The summed E-state index contributed by atoms with van der Waals surface area (Å²) in [6, 6.07) is 6.18. The average molecular weight is 283 g/mol. The molecule has 0 spiro atoms. The van der Waals surface area contributed by atoms with Crippen molar-refractivity contribution in [2.45, 2.75) is 20.4 Å². The van der Waals surface area contributed by atoms with Gasteiger partial charge < -0.3 is 10.4 Å². The van der Waals surface area contributed by atoms with Crippen LogP contribution in [0, 0.1) is 13.8 Å². The van der Waals surface area contributed by atoms with Crippen LogP contribution < -0.4 is 5.32 Å². The van der Waals surface area contributed by atoms with E-state index in [2.05, 4.69) is 46.4 Å². The molecule has 2 aromatic heterocycles. The number of anilines is 2. The van der Waals surface area contributed by atoms with E-state index in [0.717, 1.165) is 11.1 Å². The number of hydrogen-bond donors (Lipinski definition) is 2. The number of fused-ring (bicyclic) bond motifs is 1. The lowest BCUT2D eigenvalue weighted by atomic mass is 10.1. The lowest BCUT2D eigenvalue weighted by molar-refractivity contribution is 0.271. The van der Waals surface area contributed by atoms with Crippen molar-refractivity contribution in [2.24, 2.45) is 0 Å². The number of aliphatic hydroxyl groups is 1. The van der Waals surface area contributed by atoms with E-state index in [9.17, 15) is 0 Å². The molecule has 3 rings (SSSR count). The Bertz CT molecular complexity index is 781. The second kappa shape index (κ2) is 5.49. The minimum Gasteiger partial charge on any atom is -0.394 e. The zero-order chi connectivity index (χ0) is 14.8. The number of nitrogens with zero attached hydrogens (tertiary/aromatic N) is 4. The number of aliphatic hydroxyl groups excluding tert-OH is 1. The standard InChI is InChI=1S/C15H17N5O/c1-10-3-4-12(7-11(10)2)19-14-13-8-18-20(5-6-21)15(13)17-9-16-14/h3-4,7-9,21H,5-6H2,1-2H3,(H,16,17,19). The molecule has 0 saturated carbocycles. The first-order chi connectivity index (χ1) is 10.2. The molecule has 0 bridgehead atoms. The van der Waals surface area contributed by atoms with E-state index in [-0.39, 0.29) is 6.61 Å². The van der Waals surface area contributed by atoms with E-state index >= 15 is 0 Å². The van der Waals surface area contributed by atoms with Gasteiger partial charge in [-0.1, -0.05) is 6.07 Å². The minimum atomic E-state index is 0.0285. The zero-order valence-corrected chi connectivity index (χ0v) is 12.0. The van der Waals surface area contributed by atoms with Crippen molar-refractivity contribution >= 4 is 22.5 Å². The van der Waals surface area contributed by atoms with Crippen molar-refractivity contribution in [1.82, 2.24) is 19.7 Å². The Kier molecular flexibility index (Phi) is 3.53. The summed E-state index contributed by atoms with van der Waals surface area (Å²) < 4.78 is 1.67. The van der Waals surface area contributed by atoms with E-state index in [1.54, 1.807) is 10.9 Å². The third kappa shape index (κ3) is 2.57. The van der Waals surface area contributed by atoms with Crippen molar-refractivity contribution in [3.63, 3.8) is 0 Å². The van der Waals surface area contributed by atoms with Gasteiger partial charge in [0.25, 0.3) is 0 Å². The number of aryl methyl sites for hydroxylation is 2. The summed E-state index contributed by atoms with van der Waals surface area (Å²) in [5.41, 5.74) is 4.17. The Morgan fingerprint density at radius 1 is 1.19 bits per heavy atom. The summed E-state index contributed by atoms with van der Waals surface area (Å²) in [5, 5.41) is 17.4. The molecule has 0 fully saturated rings. The molecule has 0 aliphatic heterocycles. The summed E-state index contributed by atoms with van der Waals surface area (Å²) in [4.78, 5) is 8.52. The van der Waals surface area contributed by atoms with Crippen molar-refractivity contribution in [3.05, 3.63) is 41.9 Å². The highest BCUT2D eigenvalue weighted by Gasteiger charge is 2.09. The number of benzene rings is 1. The maximum atomic E-state index is 9.04. The Balaban J connectivity index is 1.98. The van der Waals surface area contributed by atoms with Crippen molar-refractivity contribution in [1.29, 1.82) is 0 Å². The third-order valence-electron chi connectivity index (χ3n) is 3.52. The first-order valence-electron chi connectivity index (χ1n) is 6.80. The van der Waals surface area contributed by atoms with Gasteiger partial charge in [-0.3, -0.25) is 0 Å². The summed E-state index contributed by atoms with van der Waals surface area (Å²) in [7, 11) is 0. The summed E-state index contributed by atoms with van der Waals surface area (Å²) in [6.45, 7) is 4.61. The van der Waals surface area contributed by atoms with Crippen LogP contribution in [0.2, 0.25) is 0 Å². The van der Waals surface area contributed by atoms with Gasteiger partial charge in [0.1, 0.15) is 12.1 Å². The van der Waals surface area contributed by atoms with E-state index in [4.69, 9.17) is 5.11 Å². The van der Waals surface area contributed by atoms with E-state index < -0.39 is 0 Å². The van der Waals surface area contributed by atoms with E-state index in [1.165, 1.54) is 17.5 Å². The lowest BCUT2D eigenvalue weighted by Gasteiger charge is -2.08. The average Bonchev–Trinajstić information content (AvgIpc) is 2.88. The van der Waals surface area contributed by atoms with Gasteiger partial charge in [0.15, 0.2) is 5.65 Å². The topological polar surface area (TPSA) is 75.9 Å². The van der Waals surface area contributed by atoms with Crippen molar-refractivity contribution in [3.8, 4) is 0 Å². The van der Waals surface area contributed by atoms with E-state index in [0.29, 0.717) is 18.0 Å². The molecular weight excluding hydrogens is 266 g/mol. The summed E-state index contributed by atoms with van der Waals surface area (Å²) in [5.74, 6) is 0.715. The predicted molar refractivity (Wildman–Crippen MR) is 81.6 cm³/mol. The SMILES string of the molecule is Cc1ccc(Nc2ncnc3c2cnn3CCO)cc1C. The Morgan fingerprint density at radius 3 is 2.81 bits per heavy atom. The van der Waals surface area contributed by atoms with Crippen LogP contribution in [0.4, 0.5) is 11.5 Å². The second-order valence-electron chi connectivity index (χ2n) is 4.97. The van der Waals surface area contributed by atoms with Crippen molar-refractivity contribution in [2.75, 3.05) is 11.9 Å². The number of nitrogens with one attached hydrogen (secondary N) is 1. The number of aromatic nitrogens is 4. The molecule has 6 heteroatoms. The maximum absolute atomic E-state index is 9.04. The molecule has 2 N–H and O–H groups in total. The summed E-state index contributed by atoms with van der Waals surface area (Å²) >= 11 is 0. The highest BCUT2D eigenvalue weighted by Crippen LogP contribution is 2.23. The smallest absolute Gasteiger partial charge is 0.163 e. The molecule has 3 aromatic rings. The lowest BCUT2D eigenvalue weighted by Crippen LogP contribution is -2.05. The van der Waals surface area contributed by atoms with Crippen LogP contribution in [0.25, 0.3) is 11.0 Å². The molecule has 1 aromatic carbocycles. The van der Waals surface area contributed by atoms with Crippen LogP contribution >= 0.6 is 0 Å². The largest absolute Gasteiger partial charge is 0.394 e. The highest BCUT2D eigenvalue weighted by atomic mass is 16.3. The Labute approximate surface area is 122 Å². The molecule has 21 heavy (non-hydrogen) atoms. The number of hydrogen-bond acceptors (Lipinski definition) is 5. The first kappa shape index (κ1) is 13.5. The number of rotatable bonds is 4. The van der Waals surface area contributed by atoms with Gasteiger partial charge in [0, 0.05) is 5.69 Å². The second-order valence-corrected chi connectivity index (χ2v) is 4.97. The normalized spacial score (nSPS) is 11.0. The van der Waals surface area contributed by atoms with Gasteiger partial charge in [-0.05, 0) is 37.1 Å². The maximum Gasteiger partial charge on any atom is 0.163 e. The monoisotopic (exact) mass is 283 g/mol. The Hall–Kier alpha value is -2.47. The molecule has 0 aliphatic rings. The fourth-order valence-corrected chi connectivity index (χ4v) is 2.21. The van der Waals surface area contributed by atoms with Crippen LogP contribution in [-0.4, -0.2) is 31.5 Å². The molecule has 0 amide bonds. The van der Waals surface area contributed by atoms with Crippen LogP contribution in [-0.2, 0) is 6.54 Å². The van der Waals surface area contributed by atoms with Gasteiger partial charge in [-0.25, -0.2) is 14.6 Å². The fourth-order valence-electron chi connectivity index (χ4n) is 2.21. The van der Waals surface area contributed by atoms with Crippen molar-refractivity contribution < 1.29 is 5.11 Å².